The number of carboxylic acids is 1. The molecule has 0 bridgehead atoms. The highest BCUT2D eigenvalue weighted by atomic mass is 79.9. The predicted octanol–water partition coefficient (Wildman–Crippen LogP) is 2.30. The summed E-state index contributed by atoms with van der Waals surface area (Å²) < 4.78 is 6.01. The van der Waals surface area contributed by atoms with Crippen molar-refractivity contribution in [3.05, 3.63) is 28.2 Å². The molecule has 0 aliphatic rings. The van der Waals surface area contributed by atoms with Crippen molar-refractivity contribution >= 4 is 21.9 Å². The predicted molar refractivity (Wildman–Crippen MR) is 62.9 cm³/mol. The van der Waals surface area contributed by atoms with E-state index in [0.29, 0.717) is 6.42 Å². The van der Waals surface area contributed by atoms with Gasteiger partial charge in [0.25, 0.3) is 0 Å². The molecule has 1 atom stereocenters. The van der Waals surface area contributed by atoms with E-state index in [4.69, 9.17) is 9.84 Å². The number of aromatic carboxylic acids is 1. The molecule has 0 saturated carbocycles. The summed E-state index contributed by atoms with van der Waals surface area (Å²) in [6, 6.07) is 4.67. The van der Waals surface area contributed by atoms with Crippen LogP contribution in [0.25, 0.3) is 0 Å². The molecule has 2 N–H and O–H groups in total. The van der Waals surface area contributed by atoms with E-state index in [-0.39, 0.29) is 17.9 Å². The van der Waals surface area contributed by atoms with Crippen LogP contribution >= 0.6 is 15.9 Å². The number of hydrogen-bond donors (Lipinski definition) is 2. The normalized spacial score (nSPS) is 12.2. The van der Waals surface area contributed by atoms with Crippen LogP contribution in [0.5, 0.6) is 5.75 Å². The number of rotatable bonds is 5. The van der Waals surface area contributed by atoms with Gasteiger partial charge in [0, 0.05) is 4.47 Å². The molecule has 0 aliphatic heterocycles. The van der Waals surface area contributed by atoms with Crippen LogP contribution in [0.3, 0.4) is 0 Å². The van der Waals surface area contributed by atoms with Crippen molar-refractivity contribution in [2.75, 3.05) is 6.61 Å². The van der Waals surface area contributed by atoms with Gasteiger partial charge in [0.05, 0.1) is 6.10 Å². The number of ether oxygens (including phenoxy) is 1. The average Bonchev–Trinajstić information content (AvgIpc) is 2.25. The second-order valence-electron chi connectivity index (χ2n) is 3.32. The lowest BCUT2D eigenvalue weighted by molar-refractivity contribution is 0.0682. The first-order valence-electron chi connectivity index (χ1n) is 4.88. The van der Waals surface area contributed by atoms with Gasteiger partial charge in [0.1, 0.15) is 17.9 Å². The molecule has 0 aliphatic carbocycles. The van der Waals surface area contributed by atoms with E-state index in [0.717, 1.165) is 4.47 Å². The van der Waals surface area contributed by atoms with Gasteiger partial charge >= 0.3 is 5.97 Å². The van der Waals surface area contributed by atoms with Crippen molar-refractivity contribution in [2.45, 2.75) is 19.4 Å². The summed E-state index contributed by atoms with van der Waals surface area (Å²) in [5.74, 6) is -0.789. The average molecular weight is 289 g/mol. The third-order valence-corrected chi connectivity index (χ3v) is 2.57. The quantitative estimate of drug-likeness (QED) is 0.872. The van der Waals surface area contributed by atoms with E-state index >= 15 is 0 Å². The standard InChI is InChI=1S/C11H13BrO4/c1-2-8(13)6-16-10-5-7(12)3-4-9(10)11(14)15/h3-5,8,13H,2,6H2,1H3,(H,14,15). The maximum absolute atomic E-state index is 10.9. The summed E-state index contributed by atoms with van der Waals surface area (Å²) in [6.07, 6.45) is -0.0169. The molecule has 0 radical (unpaired) electrons. The van der Waals surface area contributed by atoms with Gasteiger partial charge in [-0.2, -0.15) is 0 Å². The van der Waals surface area contributed by atoms with Crippen LogP contribution in [-0.4, -0.2) is 28.9 Å². The van der Waals surface area contributed by atoms with E-state index in [1.54, 1.807) is 12.1 Å². The minimum absolute atomic E-state index is 0.0894. The van der Waals surface area contributed by atoms with Crippen molar-refractivity contribution in [3.8, 4) is 5.75 Å². The van der Waals surface area contributed by atoms with Gasteiger partial charge in [-0.15, -0.1) is 0 Å². The fraction of sp³-hybridized carbons (Fsp3) is 0.364. The molecule has 88 valence electrons. The lowest BCUT2D eigenvalue weighted by atomic mass is 10.2. The van der Waals surface area contributed by atoms with E-state index < -0.39 is 12.1 Å². The molecule has 1 rings (SSSR count). The van der Waals surface area contributed by atoms with E-state index in [2.05, 4.69) is 15.9 Å². The maximum atomic E-state index is 10.9. The Labute approximate surface area is 102 Å². The monoisotopic (exact) mass is 288 g/mol. The smallest absolute Gasteiger partial charge is 0.339 e. The van der Waals surface area contributed by atoms with Gasteiger partial charge in [-0.3, -0.25) is 0 Å². The largest absolute Gasteiger partial charge is 0.490 e. The number of halogens is 1. The minimum atomic E-state index is -1.05. The van der Waals surface area contributed by atoms with Crippen LogP contribution in [0.15, 0.2) is 22.7 Å². The number of benzene rings is 1. The first-order valence-corrected chi connectivity index (χ1v) is 5.67. The lowest BCUT2D eigenvalue weighted by Gasteiger charge is -2.12. The highest BCUT2D eigenvalue weighted by Gasteiger charge is 2.12. The summed E-state index contributed by atoms with van der Waals surface area (Å²) in [5, 5.41) is 18.3. The highest BCUT2D eigenvalue weighted by Crippen LogP contribution is 2.24. The highest BCUT2D eigenvalue weighted by molar-refractivity contribution is 9.10. The molecular formula is C11H13BrO4. The zero-order valence-corrected chi connectivity index (χ0v) is 10.4. The third-order valence-electron chi connectivity index (χ3n) is 2.08. The topological polar surface area (TPSA) is 66.8 Å². The first kappa shape index (κ1) is 13.0. The van der Waals surface area contributed by atoms with Crippen molar-refractivity contribution < 1.29 is 19.7 Å². The molecule has 0 fully saturated rings. The fourth-order valence-electron chi connectivity index (χ4n) is 1.10. The second kappa shape index (κ2) is 5.86. The Morgan fingerprint density at radius 3 is 2.81 bits per heavy atom. The summed E-state index contributed by atoms with van der Waals surface area (Å²) in [6.45, 7) is 1.92. The molecule has 16 heavy (non-hydrogen) atoms. The molecule has 1 unspecified atom stereocenters. The van der Waals surface area contributed by atoms with Crippen LogP contribution < -0.4 is 4.74 Å². The number of carboxylic acid groups (broad SMARTS) is 1. The summed E-state index contributed by atoms with van der Waals surface area (Å²) in [4.78, 5) is 10.9. The van der Waals surface area contributed by atoms with E-state index in [9.17, 15) is 9.90 Å². The number of aliphatic hydroxyl groups is 1. The fourth-order valence-corrected chi connectivity index (χ4v) is 1.44. The molecule has 1 aromatic rings. The Hall–Kier alpha value is -1.07. The van der Waals surface area contributed by atoms with Crippen molar-refractivity contribution in [2.24, 2.45) is 0 Å². The van der Waals surface area contributed by atoms with Crippen LogP contribution in [0.4, 0.5) is 0 Å². The molecule has 0 amide bonds. The van der Waals surface area contributed by atoms with Crippen LogP contribution in [0.1, 0.15) is 23.7 Å². The van der Waals surface area contributed by atoms with Crippen molar-refractivity contribution in [1.82, 2.24) is 0 Å². The van der Waals surface area contributed by atoms with Gasteiger partial charge in [-0.25, -0.2) is 4.79 Å². The van der Waals surface area contributed by atoms with Crippen molar-refractivity contribution in [1.29, 1.82) is 0 Å². The van der Waals surface area contributed by atoms with Crippen LogP contribution in [0, 0.1) is 0 Å². The zero-order valence-electron chi connectivity index (χ0n) is 8.81. The number of aliphatic hydroxyl groups excluding tert-OH is 1. The lowest BCUT2D eigenvalue weighted by Crippen LogP contribution is -2.17. The Morgan fingerprint density at radius 1 is 1.56 bits per heavy atom. The third kappa shape index (κ3) is 3.50. The molecular weight excluding hydrogens is 276 g/mol. The maximum Gasteiger partial charge on any atom is 0.339 e. The molecule has 5 heteroatoms. The Kier molecular flexibility index (Phi) is 4.76. The molecule has 0 aromatic heterocycles. The van der Waals surface area contributed by atoms with Gasteiger partial charge in [0.2, 0.25) is 0 Å². The van der Waals surface area contributed by atoms with Crippen LogP contribution in [0.2, 0.25) is 0 Å². The minimum Gasteiger partial charge on any atom is -0.490 e. The van der Waals surface area contributed by atoms with Crippen molar-refractivity contribution in [3.63, 3.8) is 0 Å². The first-order chi connectivity index (χ1) is 7.54. The molecule has 0 saturated heterocycles. The summed E-state index contributed by atoms with van der Waals surface area (Å²) in [7, 11) is 0. The zero-order chi connectivity index (χ0) is 12.1. The van der Waals surface area contributed by atoms with E-state index in [1.807, 2.05) is 6.92 Å². The Balaban J connectivity index is 2.84. The Bertz CT molecular complexity index is 378. The SMILES string of the molecule is CCC(O)COc1cc(Br)ccc1C(=O)O. The molecule has 0 heterocycles. The van der Waals surface area contributed by atoms with Gasteiger partial charge in [-0.1, -0.05) is 22.9 Å². The molecule has 4 nitrogen and oxygen atoms in total. The number of hydrogen-bond acceptors (Lipinski definition) is 3. The van der Waals surface area contributed by atoms with Gasteiger partial charge in [0.15, 0.2) is 0 Å². The molecule has 1 aromatic carbocycles. The Morgan fingerprint density at radius 2 is 2.25 bits per heavy atom. The van der Waals surface area contributed by atoms with Gasteiger partial charge in [-0.05, 0) is 24.6 Å². The number of carbonyl (C=O) groups is 1. The summed E-state index contributed by atoms with van der Waals surface area (Å²) in [5.41, 5.74) is 0.0894. The summed E-state index contributed by atoms with van der Waals surface area (Å²) >= 11 is 3.23. The second-order valence-corrected chi connectivity index (χ2v) is 4.23. The molecule has 0 spiro atoms. The van der Waals surface area contributed by atoms with E-state index in [1.165, 1.54) is 6.07 Å². The van der Waals surface area contributed by atoms with Crippen LogP contribution in [-0.2, 0) is 0 Å². The van der Waals surface area contributed by atoms with Gasteiger partial charge < -0.3 is 14.9 Å².